The minimum absolute atomic E-state index is 0.0400. The first-order valence-electron chi connectivity index (χ1n) is 5.86. The van der Waals surface area contributed by atoms with Crippen LogP contribution in [0.5, 0.6) is 0 Å². The Labute approximate surface area is 110 Å². The Morgan fingerprint density at radius 1 is 1.58 bits per heavy atom. The molecule has 0 aromatic heterocycles. The van der Waals surface area contributed by atoms with Crippen LogP contribution >= 0.6 is 0 Å². The number of carbonyl (C=O) groups is 2. The molecule has 2 N–H and O–H groups in total. The van der Waals surface area contributed by atoms with Gasteiger partial charge < -0.3 is 15.3 Å². The highest BCUT2D eigenvalue weighted by Crippen LogP contribution is 2.18. The topological polar surface area (TPSA) is 93.4 Å². The van der Waals surface area contributed by atoms with Crippen molar-refractivity contribution in [2.45, 2.75) is 12.5 Å². The zero-order chi connectivity index (χ0) is 13.8. The summed E-state index contributed by atoms with van der Waals surface area (Å²) in [7, 11) is 0. The van der Waals surface area contributed by atoms with E-state index in [0.717, 1.165) is 0 Å². The van der Waals surface area contributed by atoms with E-state index in [-0.39, 0.29) is 24.9 Å². The molecular weight excluding hydrogens is 246 g/mol. The van der Waals surface area contributed by atoms with Crippen LogP contribution in [0.1, 0.15) is 12.0 Å². The molecule has 0 aliphatic carbocycles. The number of nitrogens with zero attached hydrogens (tertiary/aromatic N) is 2. The van der Waals surface area contributed by atoms with Crippen molar-refractivity contribution in [2.75, 3.05) is 18.0 Å². The SMILES string of the molecule is N#Cc1cccc(N2CC(CC(=O)O)NCC2=O)c1. The van der Waals surface area contributed by atoms with Gasteiger partial charge in [-0.05, 0) is 18.2 Å². The second kappa shape index (κ2) is 5.50. The van der Waals surface area contributed by atoms with E-state index < -0.39 is 5.97 Å². The molecule has 1 unspecified atom stereocenters. The van der Waals surface area contributed by atoms with E-state index in [1.54, 1.807) is 24.3 Å². The molecule has 98 valence electrons. The highest BCUT2D eigenvalue weighted by molar-refractivity contribution is 5.96. The van der Waals surface area contributed by atoms with Gasteiger partial charge in [-0.1, -0.05) is 6.07 Å². The number of amides is 1. The summed E-state index contributed by atoms with van der Waals surface area (Å²) < 4.78 is 0. The average Bonchev–Trinajstić information content (AvgIpc) is 2.40. The quantitative estimate of drug-likeness (QED) is 0.816. The maximum atomic E-state index is 11.9. The highest BCUT2D eigenvalue weighted by atomic mass is 16.4. The lowest BCUT2D eigenvalue weighted by molar-refractivity contribution is -0.138. The number of carboxylic acids is 1. The smallest absolute Gasteiger partial charge is 0.304 e. The van der Waals surface area contributed by atoms with Crippen molar-refractivity contribution in [3.63, 3.8) is 0 Å². The van der Waals surface area contributed by atoms with E-state index in [2.05, 4.69) is 5.32 Å². The minimum Gasteiger partial charge on any atom is -0.481 e. The van der Waals surface area contributed by atoms with Crippen LogP contribution in [-0.4, -0.2) is 36.1 Å². The second-order valence-electron chi connectivity index (χ2n) is 4.34. The molecule has 1 aliphatic heterocycles. The number of benzene rings is 1. The first-order chi connectivity index (χ1) is 9.10. The summed E-state index contributed by atoms with van der Waals surface area (Å²) in [6, 6.07) is 8.47. The summed E-state index contributed by atoms with van der Waals surface area (Å²) in [5.41, 5.74) is 1.10. The molecule has 1 fully saturated rings. The number of carbonyl (C=O) groups excluding carboxylic acids is 1. The molecule has 1 aromatic carbocycles. The summed E-state index contributed by atoms with van der Waals surface area (Å²) in [6.45, 7) is 0.398. The van der Waals surface area contributed by atoms with E-state index in [0.29, 0.717) is 17.8 Å². The maximum absolute atomic E-state index is 11.9. The summed E-state index contributed by atoms with van der Waals surface area (Å²) in [5, 5.41) is 20.5. The third-order valence-electron chi connectivity index (χ3n) is 2.95. The first-order valence-corrected chi connectivity index (χ1v) is 5.86. The van der Waals surface area contributed by atoms with Crippen molar-refractivity contribution >= 4 is 17.6 Å². The molecule has 0 radical (unpaired) electrons. The summed E-state index contributed by atoms with van der Waals surface area (Å²) >= 11 is 0. The fourth-order valence-electron chi connectivity index (χ4n) is 2.05. The van der Waals surface area contributed by atoms with E-state index >= 15 is 0 Å². The molecule has 6 heteroatoms. The third kappa shape index (κ3) is 3.09. The predicted octanol–water partition coefficient (Wildman–Crippen LogP) is 0.338. The Balaban J connectivity index is 2.19. The normalized spacial score (nSPS) is 19.0. The summed E-state index contributed by atoms with van der Waals surface area (Å²) in [5.74, 6) is -1.03. The summed E-state index contributed by atoms with van der Waals surface area (Å²) in [6.07, 6.45) is -0.0400. The van der Waals surface area contributed by atoms with E-state index in [1.807, 2.05) is 6.07 Å². The van der Waals surface area contributed by atoms with Crippen molar-refractivity contribution in [2.24, 2.45) is 0 Å². The molecule has 1 aliphatic rings. The lowest BCUT2D eigenvalue weighted by Gasteiger charge is -2.33. The van der Waals surface area contributed by atoms with Gasteiger partial charge in [0.2, 0.25) is 5.91 Å². The number of aliphatic carboxylic acids is 1. The fraction of sp³-hybridized carbons (Fsp3) is 0.308. The molecule has 0 saturated carbocycles. The lowest BCUT2D eigenvalue weighted by Crippen LogP contribution is -2.54. The van der Waals surface area contributed by atoms with E-state index in [1.165, 1.54) is 4.90 Å². The fourth-order valence-corrected chi connectivity index (χ4v) is 2.05. The van der Waals surface area contributed by atoms with Gasteiger partial charge in [0.15, 0.2) is 0 Å². The van der Waals surface area contributed by atoms with Gasteiger partial charge in [0.25, 0.3) is 0 Å². The van der Waals surface area contributed by atoms with Gasteiger partial charge in [0.05, 0.1) is 24.6 Å². The maximum Gasteiger partial charge on any atom is 0.304 e. The van der Waals surface area contributed by atoms with E-state index in [9.17, 15) is 9.59 Å². The molecule has 1 amide bonds. The zero-order valence-corrected chi connectivity index (χ0v) is 10.2. The van der Waals surface area contributed by atoms with Crippen LogP contribution in [0.15, 0.2) is 24.3 Å². The Morgan fingerprint density at radius 3 is 3.05 bits per heavy atom. The van der Waals surface area contributed by atoms with Crippen LogP contribution in [0.3, 0.4) is 0 Å². The standard InChI is InChI=1S/C13H13N3O3/c14-6-9-2-1-3-11(4-9)16-8-10(5-13(18)19)15-7-12(16)17/h1-4,10,15H,5,7-8H2,(H,18,19). The molecule has 6 nitrogen and oxygen atoms in total. The second-order valence-corrected chi connectivity index (χ2v) is 4.34. The molecule has 2 rings (SSSR count). The van der Waals surface area contributed by atoms with Crippen molar-refractivity contribution < 1.29 is 14.7 Å². The molecule has 1 atom stereocenters. The van der Waals surface area contributed by atoms with Crippen LogP contribution in [-0.2, 0) is 9.59 Å². The number of carboxylic acid groups (broad SMARTS) is 1. The monoisotopic (exact) mass is 259 g/mol. The Kier molecular flexibility index (Phi) is 3.78. The first kappa shape index (κ1) is 13.1. The number of nitriles is 1. The largest absolute Gasteiger partial charge is 0.481 e. The number of anilines is 1. The van der Waals surface area contributed by atoms with Crippen LogP contribution < -0.4 is 10.2 Å². The Bertz CT molecular complexity index is 550. The number of rotatable bonds is 3. The van der Waals surface area contributed by atoms with Gasteiger partial charge in [0, 0.05) is 18.3 Å². The number of nitrogens with one attached hydrogen (secondary N) is 1. The summed E-state index contributed by atoms with van der Waals surface area (Å²) in [4.78, 5) is 24.1. The van der Waals surface area contributed by atoms with Crippen LogP contribution in [0.25, 0.3) is 0 Å². The van der Waals surface area contributed by atoms with Gasteiger partial charge in [-0.15, -0.1) is 0 Å². The zero-order valence-electron chi connectivity index (χ0n) is 10.2. The number of hydrogen-bond donors (Lipinski definition) is 2. The van der Waals surface area contributed by atoms with Crippen LogP contribution in [0, 0.1) is 11.3 Å². The molecule has 0 bridgehead atoms. The van der Waals surface area contributed by atoms with Crippen molar-refractivity contribution in [3.05, 3.63) is 29.8 Å². The number of hydrogen-bond acceptors (Lipinski definition) is 4. The predicted molar refractivity (Wildman–Crippen MR) is 67.6 cm³/mol. The Hall–Kier alpha value is -2.39. The van der Waals surface area contributed by atoms with Gasteiger partial charge in [-0.3, -0.25) is 9.59 Å². The third-order valence-corrected chi connectivity index (χ3v) is 2.95. The molecule has 19 heavy (non-hydrogen) atoms. The molecule has 1 aromatic rings. The van der Waals surface area contributed by atoms with Crippen LogP contribution in [0.2, 0.25) is 0 Å². The van der Waals surface area contributed by atoms with Crippen molar-refractivity contribution in [3.8, 4) is 6.07 Å². The number of piperazine rings is 1. The lowest BCUT2D eigenvalue weighted by atomic mass is 10.1. The molecule has 1 heterocycles. The molecule has 0 spiro atoms. The van der Waals surface area contributed by atoms with E-state index in [4.69, 9.17) is 10.4 Å². The van der Waals surface area contributed by atoms with Gasteiger partial charge in [-0.25, -0.2) is 0 Å². The molecule has 1 saturated heterocycles. The minimum atomic E-state index is -0.905. The Morgan fingerprint density at radius 2 is 2.37 bits per heavy atom. The molecular formula is C13H13N3O3. The van der Waals surface area contributed by atoms with Gasteiger partial charge in [0.1, 0.15) is 0 Å². The van der Waals surface area contributed by atoms with Gasteiger partial charge >= 0.3 is 5.97 Å². The van der Waals surface area contributed by atoms with Crippen molar-refractivity contribution in [1.82, 2.24) is 5.32 Å². The average molecular weight is 259 g/mol. The van der Waals surface area contributed by atoms with Crippen molar-refractivity contribution in [1.29, 1.82) is 5.26 Å². The highest BCUT2D eigenvalue weighted by Gasteiger charge is 2.27. The van der Waals surface area contributed by atoms with Gasteiger partial charge in [-0.2, -0.15) is 5.26 Å². The van der Waals surface area contributed by atoms with Crippen LogP contribution in [0.4, 0.5) is 5.69 Å².